The quantitative estimate of drug-likeness (QED) is 0.770. The minimum Gasteiger partial charge on any atom is -0.476 e. The average Bonchev–Trinajstić information content (AvgIpc) is 2.94. The van der Waals surface area contributed by atoms with Crippen molar-refractivity contribution < 1.29 is 9.90 Å². The first kappa shape index (κ1) is 12.6. The lowest BCUT2D eigenvalue weighted by Crippen LogP contribution is -2.02. The van der Waals surface area contributed by atoms with E-state index >= 15 is 0 Å². The zero-order chi connectivity index (χ0) is 13.9. The summed E-state index contributed by atoms with van der Waals surface area (Å²) in [6.07, 6.45) is 0. The molecule has 0 saturated heterocycles. The van der Waals surface area contributed by atoms with E-state index in [-0.39, 0.29) is 5.69 Å². The van der Waals surface area contributed by atoms with Crippen LogP contribution in [0.1, 0.15) is 15.5 Å². The van der Waals surface area contributed by atoms with E-state index in [0.29, 0.717) is 6.54 Å². The topological polar surface area (TPSA) is 75.1 Å². The SMILES string of the molecule is O=C(O)c1csc(CNc2ccc3ccccc3n2)n1. The van der Waals surface area contributed by atoms with Crippen LogP contribution < -0.4 is 5.32 Å². The highest BCUT2D eigenvalue weighted by Gasteiger charge is 2.08. The molecule has 0 aliphatic heterocycles. The second-order valence-corrected chi connectivity index (χ2v) is 5.12. The maximum absolute atomic E-state index is 10.7. The lowest BCUT2D eigenvalue weighted by Gasteiger charge is -2.04. The van der Waals surface area contributed by atoms with Gasteiger partial charge in [0, 0.05) is 10.8 Å². The van der Waals surface area contributed by atoms with Crippen molar-refractivity contribution in [3.8, 4) is 0 Å². The van der Waals surface area contributed by atoms with Gasteiger partial charge in [0.1, 0.15) is 10.8 Å². The van der Waals surface area contributed by atoms with Crippen LogP contribution in [-0.4, -0.2) is 21.0 Å². The van der Waals surface area contributed by atoms with Gasteiger partial charge in [0.05, 0.1) is 12.1 Å². The molecule has 1 aromatic carbocycles. The smallest absolute Gasteiger partial charge is 0.355 e. The Bertz CT molecular complexity index is 770. The Morgan fingerprint density at radius 2 is 2.05 bits per heavy atom. The van der Waals surface area contributed by atoms with Crippen LogP contribution in [0.3, 0.4) is 0 Å². The van der Waals surface area contributed by atoms with Gasteiger partial charge in [0.2, 0.25) is 0 Å². The number of hydrogen-bond acceptors (Lipinski definition) is 5. The van der Waals surface area contributed by atoms with E-state index in [4.69, 9.17) is 5.11 Å². The number of nitrogens with zero attached hydrogens (tertiary/aromatic N) is 2. The molecule has 0 bridgehead atoms. The van der Waals surface area contributed by atoms with Crippen LogP contribution in [0.25, 0.3) is 10.9 Å². The first-order valence-corrected chi connectivity index (χ1v) is 6.88. The van der Waals surface area contributed by atoms with Crippen LogP contribution >= 0.6 is 11.3 Å². The molecule has 2 N–H and O–H groups in total. The number of carboxylic acid groups (broad SMARTS) is 1. The number of benzene rings is 1. The van der Waals surface area contributed by atoms with Gasteiger partial charge in [-0.3, -0.25) is 0 Å². The van der Waals surface area contributed by atoms with Gasteiger partial charge in [-0.05, 0) is 18.2 Å². The number of aromatic carboxylic acids is 1. The Balaban J connectivity index is 1.74. The summed E-state index contributed by atoms with van der Waals surface area (Å²) >= 11 is 1.32. The fraction of sp³-hybridized carbons (Fsp3) is 0.0714. The number of nitrogens with one attached hydrogen (secondary N) is 1. The van der Waals surface area contributed by atoms with E-state index in [2.05, 4.69) is 15.3 Å². The summed E-state index contributed by atoms with van der Waals surface area (Å²) in [5, 5.41) is 15.3. The summed E-state index contributed by atoms with van der Waals surface area (Å²) < 4.78 is 0. The first-order valence-electron chi connectivity index (χ1n) is 6.00. The molecule has 20 heavy (non-hydrogen) atoms. The molecule has 0 radical (unpaired) electrons. The predicted octanol–water partition coefficient (Wildman–Crippen LogP) is 3.00. The number of hydrogen-bond donors (Lipinski definition) is 2. The number of aromatic nitrogens is 2. The molecule has 0 saturated carbocycles. The zero-order valence-electron chi connectivity index (χ0n) is 10.4. The molecule has 2 heterocycles. The lowest BCUT2D eigenvalue weighted by atomic mass is 10.2. The van der Waals surface area contributed by atoms with Crippen LogP contribution in [0.5, 0.6) is 0 Å². The van der Waals surface area contributed by atoms with E-state index in [9.17, 15) is 4.79 Å². The first-order chi connectivity index (χ1) is 9.72. The molecule has 3 rings (SSSR count). The molecule has 0 fully saturated rings. The molecule has 0 unspecified atom stereocenters. The van der Waals surface area contributed by atoms with Gasteiger partial charge in [-0.1, -0.05) is 18.2 Å². The van der Waals surface area contributed by atoms with E-state index in [1.54, 1.807) is 0 Å². The van der Waals surface area contributed by atoms with Gasteiger partial charge in [-0.15, -0.1) is 11.3 Å². The predicted molar refractivity (Wildman–Crippen MR) is 78.1 cm³/mol. The molecular formula is C14H11N3O2S. The molecule has 0 atom stereocenters. The number of fused-ring (bicyclic) bond motifs is 1. The summed E-state index contributed by atoms with van der Waals surface area (Å²) in [7, 11) is 0. The normalized spacial score (nSPS) is 10.6. The summed E-state index contributed by atoms with van der Waals surface area (Å²) in [4.78, 5) is 19.2. The minimum absolute atomic E-state index is 0.0817. The molecule has 3 aromatic rings. The summed E-state index contributed by atoms with van der Waals surface area (Å²) in [5.41, 5.74) is 1.00. The molecule has 6 heteroatoms. The highest BCUT2D eigenvalue weighted by Crippen LogP contribution is 2.16. The van der Waals surface area contributed by atoms with Crippen LogP contribution in [0.2, 0.25) is 0 Å². The van der Waals surface area contributed by atoms with E-state index in [1.807, 2.05) is 36.4 Å². The zero-order valence-corrected chi connectivity index (χ0v) is 11.2. The van der Waals surface area contributed by atoms with Crippen LogP contribution in [0.15, 0.2) is 41.8 Å². The molecule has 5 nitrogen and oxygen atoms in total. The molecule has 2 aromatic heterocycles. The van der Waals surface area contributed by atoms with Gasteiger partial charge < -0.3 is 10.4 Å². The van der Waals surface area contributed by atoms with Crippen molar-refractivity contribution in [2.45, 2.75) is 6.54 Å². The fourth-order valence-corrected chi connectivity index (χ4v) is 2.53. The minimum atomic E-state index is -1.00. The maximum Gasteiger partial charge on any atom is 0.355 e. The van der Waals surface area contributed by atoms with E-state index in [1.165, 1.54) is 16.7 Å². The maximum atomic E-state index is 10.7. The number of rotatable bonds is 4. The van der Waals surface area contributed by atoms with Gasteiger partial charge >= 0.3 is 5.97 Å². The van der Waals surface area contributed by atoms with Crippen molar-refractivity contribution >= 4 is 34.0 Å². The second-order valence-electron chi connectivity index (χ2n) is 4.17. The van der Waals surface area contributed by atoms with E-state index < -0.39 is 5.97 Å². The van der Waals surface area contributed by atoms with Gasteiger partial charge in [-0.25, -0.2) is 14.8 Å². The van der Waals surface area contributed by atoms with Crippen molar-refractivity contribution in [1.82, 2.24) is 9.97 Å². The molecular weight excluding hydrogens is 274 g/mol. The Kier molecular flexibility index (Phi) is 3.30. The standard InChI is InChI=1S/C14H11N3O2S/c18-14(19)11-8-20-13(17-11)7-15-12-6-5-9-3-1-2-4-10(9)16-12/h1-6,8H,7H2,(H,15,16)(H,18,19). The van der Waals surface area contributed by atoms with Crippen molar-refractivity contribution in [1.29, 1.82) is 0 Å². The third-order valence-electron chi connectivity index (χ3n) is 2.79. The van der Waals surface area contributed by atoms with Gasteiger partial charge in [0.15, 0.2) is 5.69 Å². The highest BCUT2D eigenvalue weighted by atomic mass is 32.1. The second kappa shape index (κ2) is 5.26. The third-order valence-corrected chi connectivity index (χ3v) is 3.64. The van der Waals surface area contributed by atoms with Crippen molar-refractivity contribution in [2.24, 2.45) is 0 Å². The Hall–Kier alpha value is -2.47. The molecule has 0 aliphatic carbocycles. The summed E-state index contributed by atoms with van der Waals surface area (Å²) in [6.45, 7) is 0.462. The monoisotopic (exact) mass is 285 g/mol. The lowest BCUT2D eigenvalue weighted by molar-refractivity contribution is 0.0691. The number of carbonyl (C=O) groups is 1. The molecule has 0 spiro atoms. The molecule has 100 valence electrons. The van der Waals surface area contributed by atoms with Crippen LogP contribution in [0, 0.1) is 0 Å². The van der Waals surface area contributed by atoms with Gasteiger partial charge in [-0.2, -0.15) is 0 Å². The van der Waals surface area contributed by atoms with Crippen molar-refractivity contribution in [3.05, 3.63) is 52.5 Å². The third kappa shape index (κ3) is 2.60. The van der Waals surface area contributed by atoms with Crippen LogP contribution in [-0.2, 0) is 6.54 Å². The Morgan fingerprint density at radius 1 is 1.20 bits per heavy atom. The number of para-hydroxylation sites is 1. The highest BCUT2D eigenvalue weighted by molar-refractivity contribution is 7.09. The number of carboxylic acids is 1. The van der Waals surface area contributed by atoms with Crippen LogP contribution in [0.4, 0.5) is 5.82 Å². The van der Waals surface area contributed by atoms with Crippen molar-refractivity contribution in [2.75, 3.05) is 5.32 Å². The Morgan fingerprint density at radius 3 is 2.85 bits per heavy atom. The number of pyridine rings is 1. The summed E-state index contributed by atoms with van der Waals surface area (Å²) in [5.74, 6) is -0.257. The fourth-order valence-electron chi connectivity index (χ4n) is 1.82. The van der Waals surface area contributed by atoms with E-state index in [0.717, 1.165) is 21.7 Å². The average molecular weight is 285 g/mol. The summed E-state index contributed by atoms with van der Waals surface area (Å²) in [6, 6.07) is 11.8. The van der Waals surface area contributed by atoms with Gasteiger partial charge in [0.25, 0.3) is 0 Å². The molecule has 0 aliphatic rings. The number of thiazole rings is 1. The Labute approximate surface area is 118 Å². The molecule has 0 amide bonds. The largest absolute Gasteiger partial charge is 0.476 e. The van der Waals surface area contributed by atoms with Crippen molar-refractivity contribution in [3.63, 3.8) is 0 Å². The number of anilines is 1.